The molecule has 0 amide bonds. The van der Waals surface area contributed by atoms with Crippen LogP contribution in [0.15, 0.2) is 36.5 Å². The minimum absolute atomic E-state index is 0.0597. The first-order chi connectivity index (χ1) is 8.69. The maximum atomic E-state index is 13.3. The molecule has 0 saturated heterocycles. The highest BCUT2D eigenvalue weighted by molar-refractivity contribution is 5.29. The summed E-state index contributed by atoms with van der Waals surface area (Å²) in [6, 6.07) is 6.53. The van der Waals surface area contributed by atoms with E-state index in [0.29, 0.717) is 6.54 Å². The second-order valence-electron chi connectivity index (χ2n) is 3.72. The van der Waals surface area contributed by atoms with Gasteiger partial charge >= 0.3 is 0 Å². The van der Waals surface area contributed by atoms with Gasteiger partial charge in [-0.2, -0.15) is 0 Å². The van der Waals surface area contributed by atoms with Crippen molar-refractivity contribution in [1.82, 2.24) is 4.98 Å². The fourth-order valence-electron chi connectivity index (χ4n) is 1.46. The summed E-state index contributed by atoms with van der Waals surface area (Å²) in [5.74, 6) is -1.22. The van der Waals surface area contributed by atoms with Crippen LogP contribution in [-0.2, 0) is 6.42 Å². The Hall–Kier alpha value is -2.01. The first kappa shape index (κ1) is 12.4. The number of benzene rings is 1. The normalized spacial score (nSPS) is 10.4. The van der Waals surface area contributed by atoms with Crippen LogP contribution >= 0.6 is 0 Å². The second-order valence-corrected chi connectivity index (χ2v) is 3.72. The third-order valence-corrected chi connectivity index (χ3v) is 2.34. The Morgan fingerprint density at radius 1 is 1.17 bits per heavy atom. The van der Waals surface area contributed by atoms with Gasteiger partial charge in [0.2, 0.25) is 5.88 Å². The van der Waals surface area contributed by atoms with Crippen LogP contribution in [0.2, 0.25) is 0 Å². The van der Waals surface area contributed by atoms with Crippen LogP contribution in [0.5, 0.6) is 11.6 Å². The molecule has 1 aromatic heterocycles. The summed E-state index contributed by atoms with van der Waals surface area (Å²) in [5.41, 5.74) is 6.39. The Kier molecular flexibility index (Phi) is 3.84. The standard InChI is InChI=1S/C13H12F2N2O/c14-10-2-3-12(11(15)7-10)18-13-4-1-9(5-6-16)8-17-13/h1-4,7-8H,5-6,16H2. The molecule has 1 heterocycles. The van der Waals surface area contributed by atoms with Crippen molar-refractivity contribution in [3.05, 3.63) is 53.7 Å². The van der Waals surface area contributed by atoms with Gasteiger partial charge in [0.05, 0.1) is 0 Å². The van der Waals surface area contributed by atoms with Gasteiger partial charge < -0.3 is 10.5 Å². The maximum absolute atomic E-state index is 13.3. The lowest BCUT2D eigenvalue weighted by Crippen LogP contribution is -2.03. The Balaban J connectivity index is 2.13. The van der Waals surface area contributed by atoms with Gasteiger partial charge in [0.1, 0.15) is 5.82 Å². The van der Waals surface area contributed by atoms with Crippen LogP contribution < -0.4 is 10.5 Å². The molecule has 0 unspecified atom stereocenters. The van der Waals surface area contributed by atoms with E-state index >= 15 is 0 Å². The number of hydrogen-bond donors (Lipinski definition) is 1. The molecule has 5 heteroatoms. The number of nitrogens with two attached hydrogens (primary N) is 1. The lowest BCUT2D eigenvalue weighted by Gasteiger charge is -2.06. The predicted molar refractivity (Wildman–Crippen MR) is 63.4 cm³/mol. The molecule has 0 saturated carbocycles. The number of pyridine rings is 1. The van der Waals surface area contributed by atoms with E-state index in [1.54, 1.807) is 18.3 Å². The van der Waals surface area contributed by atoms with E-state index in [9.17, 15) is 8.78 Å². The van der Waals surface area contributed by atoms with Crippen molar-refractivity contribution >= 4 is 0 Å². The number of rotatable bonds is 4. The Bertz CT molecular complexity index is 529. The summed E-state index contributed by atoms with van der Waals surface area (Å²) in [5, 5.41) is 0. The third-order valence-electron chi connectivity index (χ3n) is 2.34. The first-order valence-electron chi connectivity index (χ1n) is 5.47. The highest BCUT2D eigenvalue weighted by Gasteiger charge is 2.06. The predicted octanol–water partition coefficient (Wildman–Crippen LogP) is 2.65. The van der Waals surface area contributed by atoms with Gasteiger partial charge in [-0.25, -0.2) is 13.8 Å². The highest BCUT2D eigenvalue weighted by Crippen LogP contribution is 2.23. The summed E-state index contributed by atoms with van der Waals surface area (Å²) in [4.78, 5) is 4.02. The van der Waals surface area contributed by atoms with Crippen LogP contribution in [-0.4, -0.2) is 11.5 Å². The molecule has 0 bridgehead atoms. The molecule has 18 heavy (non-hydrogen) atoms. The van der Waals surface area contributed by atoms with E-state index in [-0.39, 0.29) is 11.6 Å². The van der Waals surface area contributed by atoms with E-state index in [0.717, 1.165) is 24.1 Å². The van der Waals surface area contributed by atoms with Crippen molar-refractivity contribution in [3.8, 4) is 11.6 Å². The van der Waals surface area contributed by atoms with Gasteiger partial charge in [0, 0.05) is 18.3 Å². The molecular weight excluding hydrogens is 238 g/mol. The van der Waals surface area contributed by atoms with Crippen molar-refractivity contribution in [2.45, 2.75) is 6.42 Å². The van der Waals surface area contributed by atoms with Gasteiger partial charge in [-0.05, 0) is 30.7 Å². The minimum atomic E-state index is -0.761. The molecule has 0 atom stereocenters. The highest BCUT2D eigenvalue weighted by atomic mass is 19.1. The zero-order chi connectivity index (χ0) is 13.0. The number of halogens is 2. The third kappa shape index (κ3) is 3.01. The Labute approximate surface area is 103 Å². The Morgan fingerprint density at radius 2 is 2.00 bits per heavy atom. The zero-order valence-electron chi connectivity index (χ0n) is 9.57. The molecule has 94 valence electrons. The smallest absolute Gasteiger partial charge is 0.219 e. The van der Waals surface area contributed by atoms with Crippen molar-refractivity contribution < 1.29 is 13.5 Å². The van der Waals surface area contributed by atoms with Crippen molar-refractivity contribution in [3.63, 3.8) is 0 Å². The quantitative estimate of drug-likeness (QED) is 0.907. The zero-order valence-corrected chi connectivity index (χ0v) is 9.57. The topological polar surface area (TPSA) is 48.1 Å². The van der Waals surface area contributed by atoms with Gasteiger partial charge in [-0.3, -0.25) is 0 Å². The summed E-state index contributed by atoms with van der Waals surface area (Å²) in [7, 11) is 0. The molecule has 2 rings (SSSR count). The van der Waals surface area contributed by atoms with Crippen molar-refractivity contribution in [2.75, 3.05) is 6.54 Å². The maximum Gasteiger partial charge on any atom is 0.219 e. The van der Waals surface area contributed by atoms with Crippen molar-refractivity contribution in [1.29, 1.82) is 0 Å². The largest absolute Gasteiger partial charge is 0.436 e. The number of ether oxygens (including phenoxy) is 1. The molecular formula is C13H12F2N2O. The van der Waals surface area contributed by atoms with E-state index in [2.05, 4.69) is 4.98 Å². The molecule has 0 aliphatic carbocycles. The first-order valence-corrected chi connectivity index (χ1v) is 5.47. The number of hydrogen-bond acceptors (Lipinski definition) is 3. The molecule has 0 fully saturated rings. The van der Waals surface area contributed by atoms with Crippen LogP contribution in [0.4, 0.5) is 8.78 Å². The van der Waals surface area contributed by atoms with E-state index in [4.69, 9.17) is 10.5 Å². The lowest BCUT2D eigenvalue weighted by atomic mass is 10.2. The molecule has 0 radical (unpaired) electrons. The second kappa shape index (κ2) is 5.55. The molecule has 0 spiro atoms. The van der Waals surface area contributed by atoms with Gasteiger partial charge in [-0.15, -0.1) is 0 Å². The summed E-state index contributed by atoms with van der Waals surface area (Å²) >= 11 is 0. The fourth-order valence-corrected chi connectivity index (χ4v) is 1.46. The van der Waals surface area contributed by atoms with E-state index < -0.39 is 11.6 Å². The molecule has 0 aliphatic rings. The SMILES string of the molecule is NCCc1ccc(Oc2ccc(F)cc2F)nc1. The fraction of sp³-hybridized carbons (Fsp3) is 0.154. The average Bonchev–Trinajstić information content (AvgIpc) is 2.35. The van der Waals surface area contributed by atoms with Crippen LogP contribution in [0.1, 0.15) is 5.56 Å². The number of nitrogens with zero attached hydrogens (tertiary/aromatic N) is 1. The van der Waals surface area contributed by atoms with Crippen LogP contribution in [0, 0.1) is 11.6 Å². The van der Waals surface area contributed by atoms with Crippen LogP contribution in [0.25, 0.3) is 0 Å². The monoisotopic (exact) mass is 250 g/mol. The van der Waals surface area contributed by atoms with Gasteiger partial charge in [-0.1, -0.05) is 6.07 Å². The van der Waals surface area contributed by atoms with E-state index in [1.165, 1.54) is 6.07 Å². The van der Waals surface area contributed by atoms with Crippen molar-refractivity contribution in [2.24, 2.45) is 5.73 Å². The van der Waals surface area contributed by atoms with Gasteiger partial charge in [0.15, 0.2) is 11.6 Å². The number of aromatic nitrogens is 1. The molecule has 0 aliphatic heterocycles. The molecule has 2 aromatic rings. The lowest BCUT2D eigenvalue weighted by molar-refractivity contribution is 0.423. The van der Waals surface area contributed by atoms with Crippen LogP contribution in [0.3, 0.4) is 0 Å². The Morgan fingerprint density at radius 3 is 2.61 bits per heavy atom. The summed E-state index contributed by atoms with van der Waals surface area (Å²) in [6.45, 7) is 0.536. The average molecular weight is 250 g/mol. The molecule has 2 N–H and O–H groups in total. The van der Waals surface area contributed by atoms with E-state index in [1.807, 2.05) is 0 Å². The summed E-state index contributed by atoms with van der Waals surface area (Å²) in [6.07, 6.45) is 2.34. The minimum Gasteiger partial charge on any atom is -0.436 e. The van der Waals surface area contributed by atoms with Gasteiger partial charge in [0.25, 0.3) is 0 Å². The summed E-state index contributed by atoms with van der Waals surface area (Å²) < 4.78 is 31.2. The molecule has 1 aromatic carbocycles. The molecule has 3 nitrogen and oxygen atoms in total.